The predicted molar refractivity (Wildman–Crippen MR) is 104 cm³/mol. The van der Waals surface area contributed by atoms with Gasteiger partial charge >= 0.3 is 6.03 Å². The molecule has 2 heterocycles. The van der Waals surface area contributed by atoms with Gasteiger partial charge in [0, 0.05) is 43.3 Å². The topological polar surface area (TPSA) is 81.8 Å². The van der Waals surface area contributed by atoms with Gasteiger partial charge in [0.2, 0.25) is 5.91 Å². The molecule has 2 fully saturated rings. The molecule has 0 aliphatic carbocycles. The third-order valence-electron chi connectivity index (χ3n) is 5.10. The number of amides is 4. The number of nitrogens with one attached hydrogen (secondary N) is 2. The Labute approximate surface area is 164 Å². The van der Waals surface area contributed by atoms with Gasteiger partial charge in [-0.05, 0) is 36.1 Å². The van der Waals surface area contributed by atoms with E-state index < -0.39 is 12.1 Å². The van der Waals surface area contributed by atoms with Crippen molar-refractivity contribution in [1.82, 2.24) is 15.5 Å². The van der Waals surface area contributed by atoms with Crippen molar-refractivity contribution in [2.45, 2.75) is 38.6 Å². The Hall–Kier alpha value is -2.28. The molecular weight excluding hydrogens is 368 g/mol. The summed E-state index contributed by atoms with van der Waals surface area (Å²) < 4.78 is 0. The fourth-order valence-electron chi connectivity index (χ4n) is 3.47. The van der Waals surface area contributed by atoms with Crippen LogP contribution in [0.2, 0.25) is 5.02 Å². The van der Waals surface area contributed by atoms with E-state index in [4.69, 9.17) is 11.6 Å². The molecule has 27 heavy (non-hydrogen) atoms. The monoisotopic (exact) mass is 392 g/mol. The number of urea groups is 1. The summed E-state index contributed by atoms with van der Waals surface area (Å²) in [5.41, 5.74) is 2.25. The molecule has 7 nitrogen and oxygen atoms in total. The van der Waals surface area contributed by atoms with E-state index in [0.29, 0.717) is 25.4 Å². The van der Waals surface area contributed by atoms with Gasteiger partial charge in [0.05, 0.1) is 0 Å². The van der Waals surface area contributed by atoms with E-state index >= 15 is 0 Å². The average molecular weight is 393 g/mol. The van der Waals surface area contributed by atoms with E-state index in [2.05, 4.69) is 35.4 Å². The highest BCUT2D eigenvalue weighted by Crippen LogP contribution is 2.29. The molecule has 146 valence electrons. The lowest BCUT2D eigenvalue weighted by Crippen LogP contribution is -2.49. The molecule has 2 N–H and O–H groups in total. The Morgan fingerprint density at radius 2 is 1.93 bits per heavy atom. The second-order valence-electron chi connectivity index (χ2n) is 7.28. The SMILES string of the molecule is CC(C)c1cc(N2CCN(C(=O)CC[C@H]3NC(=O)NC3=O)CC2)ccc1Cl. The number of nitrogens with zero attached hydrogens (tertiary/aromatic N) is 2. The lowest BCUT2D eigenvalue weighted by Gasteiger charge is -2.36. The van der Waals surface area contributed by atoms with Crippen molar-refractivity contribution >= 4 is 35.1 Å². The van der Waals surface area contributed by atoms with Crippen LogP contribution < -0.4 is 15.5 Å². The van der Waals surface area contributed by atoms with E-state index in [1.54, 1.807) is 0 Å². The third kappa shape index (κ3) is 4.53. The Morgan fingerprint density at radius 3 is 2.52 bits per heavy atom. The summed E-state index contributed by atoms with van der Waals surface area (Å²) in [4.78, 5) is 39.2. The molecule has 2 saturated heterocycles. The zero-order valence-corrected chi connectivity index (χ0v) is 16.4. The van der Waals surface area contributed by atoms with Crippen LogP contribution in [0.4, 0.5) is 10.5 Å². The van der Waals surface area contributed by atoms with E-state index in [-0.39, 0.29) is 18.2 Å². The number of benzene rings is 1. The first-order valence-corrected chi connectivity index (χ1v) is 9.66. The second kappa shape index (κ2) is 8.17. The molecule has 0 bridgehead atoms. The van der Waals surface area contributed by atoms with E-state index in [1.807, 2.05) is 17.0 Å². The maximum Gasteiger partial charge on any atom is 0.322 e. The van der Waals surface area contributed by atoms with Gasteiger partial charge in [-0.15, -0.1) is 0 Å². The van der Waals surface area contributed by atoms with Crippen LogP contribution in [0.5, 0.6) is 0 Å². The lowest BCUT2D eigenvalue weighted by molar-refractivity contribution is -0.131. The fraction of sp³-hybridized carbons (Fsp3) is 0.526. The number of carbonyl (C=O) groups excluding carboxylic acids is 3. The summed E-state index contributed by atoms with van der Waals surface area (Å²) in [6.45, 7) is 7.03. The number of hydrogen-bond donors (Lipinski definition) is 2. The molecule has 1 aromatic carbocycles. The Morgan fingerprint density at radius 1 is 1.22 bits per heavy atom. The molecule has 2 aliphatic heterocycles. The summed E-state index contributed by atoms with van der Waals surface area (Å²) in [6.07, 6.45) is 0.572. The number of piperazine rings is 1. The molecule has 0 radical (unpaired) electrons. The standard InChI is InChI=1S/C19H25ClN4O3/c1-12(2)14-11-13(3-4-15(14)20)23-7-9-24(10-8-23)17(25)6-5-16-18(26)22-19(27)21-16/h3-4,11-12,16H,5-10H2,1-2H3,(H2,21,22,26,27)/t16-/m1/s1. The molecule has 8 heteroatoms. The fourth-order valence-corrected chi connectivity index (χ4v) is 3.81. The van der Waals surface area contributed by atoms with E-state index in [9.17, 15) is 14.4 Å². The van der Waals surface area contributed by atoms with Gasteiger partial charge in [0.25, 0.3) is 5.91 Å². The quantitative estimate of drug-likeness (QED) is 0.752. The Kier molecular flexibility index (Phi) is 5.89. The molecule has 1 aromatic rings. The van der Waals surface area contributed by atoms with Crippen LogP contribution in [0.1, 0.15) is 38.2 Å². The second-order valence-corrected chi connectivity index (χ2v) is 7.69. The van der Waals surface area contributed by atoms with E-state index in [1.165, 1.54) is 0 Å². The van der Waals surface area contributed by atoms with Gasteiger partial charge in [0.1, 0.15) is 6.04 Å². The van der Waals surface area contributed by atoms with Gasteiger partial charge in [-0.2, -0.15) is 0 Å². The van der Waals surface area contributed by atoms with Crippen molar-refractivity contribution in [3.63, 3.8) is 0 Å². The van der Waals surface area contributed by atoms with Crippen LogP contribution in [0.25, 0.3) is 0 Å². The molecule has 3 rings (SSSR count). The number of rotatable bonds is 5. The van der Waals surface area contributed by atoms with Crippen molar-refractivity contribution in [2.24, 2.45) is 0 Å². The van der Waals surface area contributed by atoms with Crippen LogP contribution in [0.15, 0.2) is 18.2 Å². The first-order chi connectivity index (χ1) is 12.8. The van der Waals surface area contributed by atoms with Crippen LogP contribution >= 0.6 is 11.6 Å². The first kappa shape index (κ1) is 19.5. The van der Waals surface area contributed by atoms with Crippen LogP contribution in [-0.2, 0) is 9.59 Å². The van der Waals surface area contributed by atoms with E-state index in [0.717, 1.165) is 29.4 Å². The van der Waals surface area contributed by atoms with Gasteiger partial charge in [-0.25, -0.2) is 4.79 Å². The molecule has 0 saturated carbocycles. The number of halogens is 1. The minimum absolute atomic E-state index is 0.0163. The minimum Gasteiger partial charge on any atom is -0.368 e. The Balaban J connectivity index is 1.51. The predicted octanol–water partition coefficient (Wildman–Crippen LogP) is 2.10. The van der Waals surface area contributed by atoms with Crippen molar-refractivity contribution in [2.75, 3.05) is 31.1 Å². The van der Waals surface area contributed by atoms with Gasteiger partial charge in [-0.1, -0.05) is 25.4 Å². The minimum atomic E-state index is -0.605. The van der Waals surface area contributed by atoms with Crippen molar-refractivity contribution in [3.8, 4) is 0 Å². The molecule has 4 amide bonds. The maximum atomic E-state index is 12.4. The number of carbonyl (C=O) groups is 3. The highest BCUT2D eigenvalue weighted by Gasteiger charge is 2.30. The third-order valence-corrected chi connectivity index (χ3v) is 5.45. The highest BCUT2D eigenvalue weighted by atomic mass is 35.5. The first-order valence-electron chi connectivity index (χ1n) is 9.28. The summed E-state index contributed by atoms with van der Waals surface area (Å²) >= 11 is 6.28. The van der Waals surface area contributed by atoms with Crippen molar-refractivity contribution < 1.29 is 14.4 Å². The summed E-state index contributed by atoms with van der Waals surface area (Å²) in [5.74, 6) is 0.0116. The maximum absolute atomic E-state index is 12.4. The zero-order chi connectivity index (χ0) is 19.6. The number of anilines is 1. The van der Waals surface area contributed by atoms with Gasteiger partial charge < -0.3 is 15.1 Å². The van der Waals surface area contributed by atoms with Crippen LogP contribution in [0.3, 0.4) is 0 Å². The number of imide groups is 1. The molecule has 0 unspecified atom stereocenters. The summed E-state index contributed by atoms with van der Waals surface area (Å²) in [5, 5.41) is 5.48. The van der Waals surface area contributed by atoms with Gasteiger partial charge in [0.15, 0.2) is 0 Å². The van der Waals surface area contributed by atoms with Crippen molar-refractivity contribution in [1.29, 1.82) is 0 Å². The molecular formula is C19H25ClN4O3. The largest absolute Gasteiger partial charge is 0.368 e. The normalized spacial score (nSPS) is 20.1. The van der Waals surface area contributed by atoms with Gasteiger partial charge in [-0.3, -0.25) is 14.9 Å². The zero-order valence-electron chi connectivity index (χ0n) is 15.6. The van der Waals surface area contributed by atoms with Crippen LogP contribution in [-0.4, -0.2) is 55.0 Å². The van der Waals surface area contributed by atoms with Crippen molar-refractivity contribution in [3.05, 3.63) is 28.8 Å². The number of hydrogen-bond acceptors (Lipinski definition) is 4. The lowest BCUT2D eigenvalue weighted by atomic mass is 10.0. The molecule has 2 aliphatic rings. The highest BCUT2D eigenvalue weighted by molar-refractivity contribution is 6.31. The Bertz CT molecular complexity index is 744. The average Bonchev–Trinajstić information content (AvgIpc) is 2.97. The van der Waals surface area contributed by atoms with Crippen LogP contribution in [0, 0.1) is 0 Å². The summed E-state index contributed by atoms with van der Waals surface area (Å²) in [6, 6.07) is 4.99. The molecule has 0 spiro atoms. The molecule has 0 aromatic heterocycles. The summed E-state index contributed by atoms with van der Waals surface area (Å²) in [7, 11) is 0. The molecule has 1 atom stereocenters. The smallest absolute Gasteiger partial charge is 0.322 e.